The molecule has 1 aliphatic rings. The molecule has 1 aromatic heterocycles. The molecule has 0 radical (unpaired) electrons. The van der Waals surface area contributed by atoms with Crippen molar-refractivity contribution in [2.24, 2.45) is 0 Å². The molecule has 0 amide bonds. The predicted octanol–water partition coefficient (Wildman–Crippen LogP) is 4.16. The summed E-state index contributed by atoms with van der Waals surface area (Å²) in [5.74, 6) is -0.642. The van der Waals surface area contributed by atoms with Gasteiger partial charge in [0.2, 0.25) is 0 Å². The lowest BCUT2D eigenvalue weighted by atomic mass is 10.1. The zero-order valence-electron chi connectivity index (χ0n) is 16.9. The van der Waals surface area contributed by atoms with Crippen LogP contribution >= 0.6 is 0 Å². The number of benzene rings is 1. The van der Waals surface area contributed by atoms with Crippen LogP contribution in [0.1, 0.15) is 48.5 Å². The van der Waals surface area contributed by atoms with E-state index in [2.05, 4.69) is 5.10 Å². The Bertz CT molecular complexity index is 856. The van der Waals surface area contributed by atoms with Crippen molar-refractivity contribution in [3.05, 3.63) is 52.8 Å². The summed E-state index contributed by atoms with van der Waals surface area (Å²) in [4.78, 5) is 14.2. The maximum absolute atomic E-state index is 15.2. The first-order valence-corrected chi connectivity index (χ1v) is 9.66. The van der Waals surface area contributed by atoms with Gasteiger partial charge >= 0.3 is 12.5 Å². The molecule has 0 aliphatic carbocycles. The maximum atomic E-state index is 15.2. The monoisotopic (exact) mass is 409 g/mol. The van der Waals surface area contributed by atoms with E-state index in [0.29, 0.717) is 22.5 Å². The smallest absolute Gasteiger partial charge is 0.333 e. The van der Waals surface area contributed by atoms with E-state index in [0.717, 1.165) is 5.56 Å². The summed E-state index contributed by atoms with van der Waals surface area (Å²) in [5.41, 5.74) is 0.451. The fourth-order valence-electron chi connectivity index (χ4n) is 3.80. The van der Waals surface area contributed by atoms with E-state index in [4.69, 9.17) is 4.74 Å². The van der Waals surface area contributed by atoms with Crippen molar-refractivity contribution in [3.8, 4) is 0 Å². The number of aryl methyl sites for hydroxylation is 1. The largest absolute Gasteiger partial charge is 0.462 e. The molecule has 3 rings (SSSR count). The van der Waals surface area contributed by atoms with Gasteiger partial charge in [0.25, 0.3) is 0 Å². The second-order valence-corrected chi connectivity index (χ2v) is 7.67. The number of carbonyl (C=O) groups is 1. The van der Waals surface area contributed by atoms with Crippen molar-refractivity contribution < 1.29 is 22.7 Å². The number of halogens is 3. The van der Waals surface area contributed by atoms with E-state index in [9.17, 15) is 13.6 Å². The Balaban J connectivity index is 1.55. The molecule has 0 bridgehead atoms. The van der Waals surface area contributed by atoms with Crippen LogP contribution < -0.4 is 0 Å². The van der Waals surface area contributed by atoms with Crippen molar-refractivity contribution >= 4 is 5.97 Å². The first-order valence-electron chi connectivity index (χ1n) is 9.66. The van der Waals surface area contributed by atoms with Crippen LogP contribution in [0.5, 0.6) is 0 Å². The average Bonchev–Trinajstić information content (AvgIpc) is 3.22. The molecular formula is C21H26F3N3O2. The lowest BCUT2D eigenvalue weighted by Crippen LogP contribution is -2.35. The lowest BCUT2D eigenvalue weighted by Gasteiger charge is -2.26. The van der Waals surface area contributed by atoms with Crippen molar-refractivity contribution in [1.82, 2.24) is 14.7 Å². The Morgan fingerprint density at radius 2 is 1.97 bits per heavy atom. The number of hydrogen-bond donors (Lipinski definition) is 0. The van der Waals surface area contributed by atoms with Crippen LogP contribution in [-0.2, 0) is 16.0 Å². The number of likely N-dealkylation sites (tertiary alicyclic amines) is 1. The number of rotatable bonds is 7. The summed E-state index contributed by atoms with van der Waals surface area (Å²) >= 11 is 0. The van der Waals surface area contributed by atoms with Crippen molar-refractivity contribution in [1.29, 1.82) is 0 Å². The Labute approximate surface area is 168 Å². The van der Waals surface area contributed by atoms with Gasteiger partial charge in [-0.1, -0.05) is 30.3 Å². The van der Waals surface area contributed by atoms with Crippen molar-refractivity contribution in [3.63, 3.8) is 0 Å². The van der Waals surface area contributed by atoms with Gasteiger partial charge in [0.1, 0.15) is 6.61 Å². The van der Waals surface area contributed by atoms with Gasteiger partial charge in [-0.15, -0.1) is 0 Å². The number of aromatic nitrogens is 2. The van der Waals surface area contributed by atoms with Gasteiger partial charge in [0, 0.05) is 30.4 Å². The van der Waals surface area contributed by atoms with Crippen LogP contribution in [0.3, 0.4) is 0 Å². The molecule has 0 saturated carbocycles. The molecule has 158 valence electrons. The van der Waals surface area contributed by atoms with E-state index in [-0.39, 0.29) is 37.7 Å². The van der Waals surface area contributed by atoms with Gasteiger partial charge in [-0.3, -0.25) is 9.69 Å². The number of carbonyl (C=O) groups excluding carboxylic acids is 1. The van der Waals surface area contributed by atoms with Crippen LogP contribution in [0, 0.1) is 13.8 Å². The quantitative estimate of drug-likeness (QED) is 0.645. The Morgan fingerprint density at radius 3 is 2.59 bits per heavy atom. The predicted molar refractivity (Wildman–Crippen MR) is 103 cm³/mol. The molecule has 0 unspecified atom stereocenters. The first-order chi connectivity index (χ1) is 13.7. The second-order valence-electron chi connectivity index (χ2n) is 7.67. The summed E-state index contributed by atoms with van der Waals surface area (Å²) in [5, 5.41) is 3.75. The third-order valence-electron chi connectivity index (χ3n) is 5.64. The number of hydrogen-bond acceptors (Lipinski definition) is 4. The van der Waals surface area contributed by atoms with Crippen LogP contribution in [0.25, 0.3) is 0 Å². The third kappa shape index (κ3) is 4.80. The van der Waals surface area contributed by atoms with Crippen LogP contribution in [0.15, 0.2) is 30.3 Å². The standard InChI is InChI=1S/C21H26F3N3O2/c1-14-18(16(3)27(25-14)20(22)23)11-19(28)29-13-21(24)9-10-26(12-21)15(2)17-7-5-4-6-8-17/h4-8,15,20H,9-13H2,1-3H3/t15-,21-/m1/s1. The number of alkyl halides is 3. The molecule has 1 aliphatic heterocycles. The van der Waals surface area contributed by atoms with Gasteiger partial charge in [-0.25, -0.2) is 9.07 Å². The summed E-state index contributed by atoms with van der Waals surface area (Å²) in [6, 6.07) is 9.92. The van der Waals surface area contributed by atoms with Gasteiger partial charge < -0.3 is 4.74 Å². The van der Waals surface area contributed by atoms with Crippen LogP contribution in [-0.4, -0.2) is 46.0 Å². The molecule has 5 nitrogen and oxygen atoms in total. The third-order valence-corrected chi connectivity index (χ3v) is 5.64. The van der Waals surface area contributed by atoms with Gasteiger partial charge in [-0.2, -0.15) is 13.9 Å². The highest BCUT2D eigenvalue weighted by atomic mass is 19.3. The summed E-state index contributed by atoms with van der Waals surface area (Å²) in [6.45, 7) is 2.70. The summed E-state index contributed by atoms with van der Waals surface area (Å²) < 4.78 is 46.8. The zero-order chi connectivity index (χ0) is 21.2. The van der Waals surface area contributed by atoms with Crippen molar-refractivity contribution in [2.75, 3.05) is 19.7 Å². The van der Waals surface area contributed by atoms with Crippen molar-refractivity contribution in [2.45, 2.75) is 51.9 Å². The zero-order valence-corrected chi connectivity index (χ0v) is 16.9. The molecule has 0 spiro atoms. The molecule has 1 fully saturated rings. The molecule has 1 aromatic carbocycles. The molecule has 1 saturated heterocycles. The highest BCUT2D eigenvalue weighted by Gasteiger charge is 2.41. The summed E-state index contributed by atoms with van der Waals surface area (Å²) in [6.07, 6.45) is 0.0728. The van der Waals surface area contributed by atoms with E-state index in [1.165, 1.54) is 6.92 Å². The topological polar surface area (TPSA) is 47.4 Å². The van der Waals surface area contributed by atoms with E-state index < -0.39 is 18.2 Å². The minimum absolute atomic E-state index is 0.0648. The average molecular weight is 409 g/mol. The van der Waals surface area contributed by atoms with Gasteiger partial charge in [-0.05, 0) is 32.8 Å². The van der Waals surface area contributed by atoms with Crippen LogP contribution in [0.2, 0.25) is 0 Å². The molecule has 0 N–H and O–H groups in total. The molecule has 2 heterocycles. The Kier molecular flexibility index (Phi) is 6.31. The minimum Gasteiger partial charge on any atom is -0.462 e. The number of esters is 1. The van der Waals surface area contributed by atoms with E-state index in [1.807, 2.05) is 42.2 Å². The minimum atomic E-state index is -2.77. The first kappa shape index (κ1) is 21.4. The second kappa shape index (κ2) is 8.57. The van der Waals surface area contributed by atoms with Crippen LogP contribution in [0.4, 0.5) is 13.2 Å². The number of ether oxygens (including phenoxy) is 1. The molecular weight excluding hydrogens is 383 g/mol. The SMILES string of the molecule is Cc1nn(C(F)F)c(C)c1CC(=O)OC[C@@]1(F)CCN([C@H](C)c2ccccc2)C1. The van der Waals surface area contributed by atoms with Gasteiger partial charge in [0.15, 0.2) is 5.67 Å². The molecule has 8 heteroatoms. The molecule has 29 heavy (non-hydrogen) atoms. The number of nitrogens with zero attached hydrogens (tertiary/aromatic N) is 3. The maximum Gasteiger partial charge on any atom is 0.333 e. The fourth-order valence-corrected chi connectivity index (χ4v) is 3.80. The summed E-state index contributed by atoms with van der Waals surface area (Å²) in [7, 11) is 0. The van der Waals surface area contributed by atoms with E-state index >= 15 is 4.39 Å². The Morgan fingerprint density at radius 1 is 1.28 bits per heavy atom. The fraction of sp³-hybridized carbons (Fsp3) is 0.524. The normalized spacial score (nSPS) is 20.9. The highest BCUT2D eigenvalue weighted by molar-refractivity contribution is 5.73. The van der Waals surface area contributed by atoms with E-state index in [1.54, 1.807) is 6.92 Å². The molecule has 2 atom stereocenters. The van der Waals surface area contributed by atoms with Gasteiger partial charge in [0.05, 0.1) is 12.1 Å². The highest BCUT2D eigenvalue weighted by Crippen LogP contribution is 2.32. The molecule has 2 aromatic rings. The Hall–Kier alpha value is -2.35. The lowest BCUT2D eigenvalue weighted by molar-refractivity contribution is -0.147.